The highest BCUT2D eigenvalue weighted by molar-refractivity contribution is 6.08. The van der Waals surface area contributed by atoms with Gasteiger partial charge >= 0.3 is 12.0 Å². The average molecular weight is 478 g/mol. The number of piperidine rings is 1. The van der Waals surface area contributed by atoms with Crippen LogP contribution < -0.4 is 10.2 Å². The first kappa shape index (κ1) is 24.1. The minimum atomic E-state index is -3.04. The first-order valence-corrected chi connectivity index (χ1v) is 11.2. The number of alkyl halides is 2. The number of rotatable bonds is 4. The van der Waals surface area contributed by atoms with E-state index in [0.29, 0.717) is 28.8 Å². The predicted molar refractivity (Wildman–Crippen MR) is 121 cm³/mol. The van der Waals surface area contributed by atoms with Crippen LogP contribution in [0, 0.1) is 0 Å². The highest BCUT2D eigenvalue weighted by atomic mass is 19.3. The van der Waals surface area contributed by atoms with E-state index < -0.39 is 36.0 Å². The number of carbonyl (C=O) groups excluding carboxylic acids is 3. The van der Waals surface area contributed by atoms with Gasteiger partial charge in [-0.2, -0.15) is 5.10 Å². The summed E-state index contributed by atoms with van der Waals surface area (Å²) < 4.78 is 37.1. The molecule has 0 radical (unpaired) electrons. The molecule has 3 amide bonds. The molecule has 184 valence electrons. The maximum atomic E-state index is 15.2. The largest absolute Gasteiger partial charge is 0.459 e. The molecule has 0 spiro atoms. The first-order chi connectivity index (χ1) is 15.8. The zero-order valence-electron chi connectivity index (χ0n) is 19.7. The average Bonchev–Trinajstić information content (AvgIpc) is 3.01. The summed E-state index contributed by atoms with van der Waals surface area (Å²) in [6.45, 7) is 5.05. The van der Waals surface area contributed by atoms with Gasteiger partial charge in [0.1, 0.15) is 5.60 Å². The van der Waals surface area contributed by atoms with Crippen LogP contribution >= 0.6 is 0 Å². The number of halogens is 2. The van der Waals surface area contributed by atoms with E-state index in [2.05, 4.69) is 10.4 Å². The van der Waals surface area contributed by atoms with Gasteiger partial charge in [-0.1, -0.05) is 6.07 Å². The van der Waals surface area contributed by atoms with E-state index in [1.54, 1.807) is 50.7 Å². The molecule has 0 bridgehead atoms. The van der Waals surface area contributed by atoms with Crippen molar-refractivity contribution in [3.05, 3.63) is 23.8 Å². The Labute approximate surface area is 196 Å². The molecule has 1 aromatic heterocycles. The Balaban J connectivity index is 1.53. The van der Waals surface area contributed by atoms with E-state index in [1.165, 1.54) is 9.80 Å². The lowest BCUT2D eigenvalue weighted by Gasteiger charge is -2.38. The molecule has 0 unspecified atom stereocenters. The van der Waals surface area contributed by atoms with Crippen molar-refractivity contribution in [2.45, 2.75) is 51.1 Å². The smallest absolute Gasteiger partial charge is 0.329 e. The van der Waals surface area contributed by atoms with E-state index in [9.17, 15) is 14.4 Å². The predicted octanol–water partition coefficient (Wildman–Crippen LogP) is 2.79. The number of esters is 1. The number of nitrogens with zero attached hydrogens (tertiary/aromatic N) is 4. The molecule has 1 aromatic carbocycles. The van der Waals surface area contributed by atoms with Crippen LogP contribution in [0.25, 0.3) is 10.9 Å². The maximum Gasteiger partial charge on any atom is 0.329 e. The number of fused-ring (bicyclic) bond motifs is 1. The molecular weight excluding hydrogens is 448 g/mol. The van der Waals surface area contributed by atoms with Crippen LogP contribution in [0.15, 0.2) is 18.2 Å². The lowest BCUT2D eigenvalue weighted by atomic mass is 9.85. The molecule has 2 aromatic rings. The Morgan fingerprint density at radius 3 is 2.65 bits per heavy atom. The van der Waals surface area contributed by atoms with Crippen molar-refractivity contribution in [1.29, 1.82) is 0 Å². The van der Waals surface area contributed by atoms with Crippen LogP contribution in [-0.2, 0) is 21.4 Å². The number of ether oxygens (including phenoxy) is 1. The van der Waals surface area contributed by atoms with Gasteiger partial charge in [-0.3, -0.25) is 29.4 Å². The molecule has 4 rings (SSSR count). The molecule has 1 N–H and O–H groups in total. The van der Waals surface area contributed by atoms with Crippen LogP contribution in [0.2, 0.25) is 0 Å². The summed E-state index contributed by atoms with van der Waals surface area (Å²) in [5, 5.41) is 7.32. The summed E-state index contributed by atoms with van der Waals surface area (Å²) in [5.74, 6) is -4.53. The van der Waals surface area contributed by atoms with Crippen molar-refractivity contribution < 1.29 is 27.9 Å². The van der Waals surface area contributed by atoms with Gasteiger partial charge in [-0.25, -0.2) is 13.6 Å². The minimum Gasteiger partial charge on any atom is -0.459 e. The van der Waals surface area contributed by atoms with Gasteiger partial charge in [0, 0.05) is 25.4 Å². The van der Waals surface area contributed by atoms with Crippen molar-refractivity contribution in [3.63, 3.8) is 0 Å². The summed E-state index contributed by atoms with van der Waals surface area (Å²) >= 11 is 0. The van der Waals surface area contributed by atoms with E-state index in [1.807, 2.05) is 0 Å². The van der Waals surface area contributed by atoms with E-state index in [4.69, 9.17) is 4.74 Å². The van der Waals surface area contributed by atoms with Gasteiger partial charge in [-0.05, 0) is 51.4 Å². The molecule has 2 aliphatic rings. The second-order valence-corrected chi connectivity index (χ2v) is 9.88. The van der Waals surface area contributed by atoms with E-state index in [0.717, 1.165) is 0 Å². The number of hydrogen-bond donors (Lipinski definition) is 1. The summed E-state index contributed by atoms with van der Waals surface area (Å²) in [5.41, 5.74) is 0.422. The fourth-order valence-corrected chi connectivity index (χ4v) is 4.55. The highest BCUT2D eigenvalue weighted by Gasteiger charge is 2.46. The molecule has 2 fully saturated rings. The second kappa shape index (κ2) is 8.61. The number of carbonyl (C=O) groups is 3. The fourth-order valence-electron chi connectivity index (χ4n) is 4.55. The number of amides is 3. The van der Waals surface area contributed by atoms with Gasteiger partial charge in [0.25, 0.3) is 5.92 Å². The van der Waals surface area contributed by atoms with Crippen LogP contribution in [0.1, 0.15) is 45.1 Å². The highest BCUT2D eigenvalue weighted by Crippen LogP contribution is 2.41. The van der Waals surface area contributed by atoms with Crippen molar-refractivity contribution in [2.75, 3.05) is 31.1 Å². The van der Waals surface area contributed by atoms with E-state index >= 15 is 8.78 Å². The summed E-state index contributed by atoms with van der Waals surface area (Å²) in [6, 6.07) is 4.47. The molecular formula is C23H29F2N5O4. The zero-order valence-corrected chi connectivity index (χ0v) is 19.7. The summed E-state index contributed by atoms with van der Waals surface area (Å²) in [6.07, 6.45) is 0.346. The number of aryl methyl sites for hydroxylation is 1. The summed E-state index contributed by atoms with van der Waals surface area (Å²) in [7, 11) is 1.68. The Kier molecular flexibility index (Phi) is 6.09. The fraction of sp³-hybridized carbons (Fsp3) is 0.565. The van der Waals surface area contributed by atoms with Crippen LogP contribution in [0.3, 0.4) is 0 Å². The standard InChI is InChI=1S/C23H29F2N5O4/c1-22(2,3)34-19(32)12-29-9-7-16(23(24,25)13-29)14-5-6-15-17(11-14)28(4)27-20(15)30-10-8-18(31)26-21(30)33/h5-6,11,16H,7-10,12-13H2,1-4H3,(H,26,31,33)/t16-/m0/s1. The Bertz CT molecular complexity index is 1140. The number of urea groups is 1. The lowest BCUT2D eigenvalue weighted by molar-refractivity contribution is -0.159. The van der Waals surface area contributed by atoms with Crippen LogP contribution in [-0.4, -0.2) is 70.3 Å². The van der Waals surface area contributed by atoms with Gasteiger partial charge in [0.2, 0.25) is 5.91 Å². The third-order valence-electron chi connectivity index (χ3n) is 6.02. The minimum absolute atomic E-state index is 0.163. The lowest BCUT2D eigenvalue weighted by Crippen LogP contribution is -2.49. The molecule has 9 nitrogen and oxygen atoms in total. The molecule has 11 heteroatoms. The number of imide groups is 1. The number of anilines is 1. The normalized spacial score (nSPS) is 21.6. The Morgan fingerprint density at radius 2 is 2.00 bits per heavy atom. The first-order valence-electron chi connectivity index (χ1n) is 11.2. The Morgan fingerprint density at radius 1 is 1.26 bits per heavy atom. The molecule has 34 heavy (non-hydrogen) atoms. The molecule has 0 saturated carbocycles. The SMILES string of the molecule is Cn1nc(N2CCC(=O)NC2=O)c2ccc([C@@H]3CCN(CC(=O)OC(C)(C)C)CC3(F)F)cc21. The third-order valence-corrected chi connectivity index (χ3v) is 6.02. The van der Waals surface area contributed by atoms with Gasteiger partial charge in [0.05, 0.1) is 24.5 Å². The second-order valence-electron chi connectivity index (χ2n) is 9.88. The molecule has 2 aliphatic heterocycles. The third kappa shape index (κ3) is 4.89. The van der Waals surface area contributed by atoms with Crippen molar-refractivity contribution in [2.24, 2.45) is 7.05 Å². The number of likely N-dealkylation sites (tertiary alicyclic amines) is 1. The van der Waals surface area contributed by atoms with Gasteiger partial charge < -0.3 is 4.74 Å². The molecule has 3 heterocycles. The molecule has 1 atom stereocenters. The molecule has 2 saturated heterocycles. The van der Waals surface area contributed by atoms with Gasteiger partial charge in [0.15, 0.2) is 5.82 Å². The van der Waals surface area contributed by atoms with Crippen LogP contribution in [0.5, 0.6) is 0 Å². The summed E-state index contributed by atoms with van der Waals surface area (Å²) in [4.78, 5) is 38.6. The number of nitrogens with one attached hydrogen (secondary N) is 1. The van der Waals surface area contributed by atoms with Crippen LogP contribution in [0.4, 0.5) is 19.4 Å². The van der Waals surface area contributed by atoms with Crippen molar-refractivity contribution in [3.8, 4) is 0 Å². The molecule has 0 aliphatic carbocycles. The number of hydrogen-bond acceptors (Lipinski definition) is 6. The monoisotopic (exact) mass is 477 g/mol. The van der Waals surface area contributed by atoms with E-state index in [-0.39, 0.29) is 31.8 Å². The maximum absolute atomic E-state index is 15.2. The number of aromatic nitrogens is 2. The van der Waals surface area contributed by atoms with Crippen molar-refractivity contribution >= 4 is 34.6 Å². The Hall–Kier alpha value is -3.08. The quantitative estimate of drug-likeness (QED) is 0.681. The topological polar surface area (TPSA) is 96.8 Å². The zero-order chi connectivity index (χ0) is 24.8. The van der Waals surface area contributed by atoms with Crippen molar-refractivity contribution in [1.82, 2.24) is 20.0 Å². The number of benzene rings is 1. The van der Waals surface area contributed by atoms with Gasteiger partial charge in [-0.15, -0.1) is 0 Å².